The lowest BCUT2D eigenvalue weighted by molar-refractivity contribution is 0.0529. The smallest absolute Gasteiger partial charge is 0.316 e. The highest BCUT2D eigenvalue weighted by molar-refractivity contribution is 5.95. The maximum Gasteiger partial charge on any atom is 0.316 e. The van der Waals surface area contributed by atoms with Crippen molar-refractivity contribution in [3.05, 3.63) is 59.4 Å². The summed E-state index contributed by atoms with van der Waals surface area (Å²) in [5.41, 5.74) is 1.83. The summed E-state index contributed by atoms with van der Waals surface area (Å²) in [5, 5.41) is 4.46. The predicted octanol–water partition coefficient (Wildman–Crippen LogP) is 2.75. The maximum absolute atomic E-state index is 12.6. The molecular weight excluding hydrogens is 422 g/mol. The molecule has 4 aromatic rings. The molecule has 1 fully saturated rings. The van der Waals surface area contributed by atoms with E-state index in [4.69, 9.17) is 14.5 Å². The van der Waals surface area contributed by atoms with Crippen molar-refractivity contribution in [2.75, 3.05) is 37.0 Å². The standard InChI is InChI=1S/C23H23N7O3/c1-14-13-30(7-8-33-14)19-4-3-17(12-25-19)28-21-20-15(5-6-24-22(20)31)9-18(29-21)16-10-26-23(32-2)27-11-16/h3-6,9-12,14H,7-8,13H2,1-2H3,(H,24,31)(H,28,29)/t14-/m0/s1. The maximum atomic E-state index is 12.6. The van der Waals surface area contributed by atoms with Gasteiger partial charge in [0.05, 0.1) is 42.8 Å². The molecule has 0 unspecified atom stereocenters. The first-order chi connectivity index (χ1) is 16.1. The molecule has 4 aromatic heterocycles. The lowest BCUT2D eigenvalue weighted by atomic mass is 10.1. The van der Waals surface area contributed by atoms with Crippen LogP contribution in [0.2, 0.25) is 0 Å². The van der Waals surface area contributed by atoms with E-state index in [0.717, 1.165) is 30.0 Å². The van der Waals surface area contributed by atoms with Crippen LogP contribution < -0.4 is 20.5 Å². The number of fused-ring (bicyclic) bond motifs is 1. The largest absolute Gasteiger partial charge is 0.467 e. The number of aromatic nitrogens is 5. The van der Waals surface area contributed by atoms with E-state index >= 15 is 0 Å². The molecule has 0 aliphatic carbocycles. The number of aromatic amines is 1. The monoisotopic (exact) mass is 445 g/mol. The zero-order valence-electron chi connectivity index (χ0n) is 18.3. The molecule has 2 N–H and O–H groups in total. The molecule has 0 saturated carbocycles. The molecule has 0 amide bonds. The van der Waals surface area contributed by atoms with Crippen molar-refractivity contribution in [1.29, 1.82) is 0 Å². The summed E-state index contributed by atoms with van der Waals surface area (Å²) in [6.07, 6.45) is 6.80. The van der Waals surface area contributed by atoms with Crippen molar-refractivity contribution < 1.29 is 9.47 Å². The first-order valence-electron chi connectivity index (χ1n) is 10.6. The van der Waals surface area contributed by atoms with Gasteiger partial charge in [0.25, 0.3) is 5.56 Å². The second-order valence-electron chi connectivity index (χ2n) is 7.74. The zero-order chi connectivity index (χ0) is 22.8. The number of morpholine rings is 1. The van der Waals surface area contributed by atoms with Crippen LogP contribution >= 0.6 is 0 Å². The van der Waals surface area contributed by atoms with Gasteiger partial charge in [0.1, 0.15) is 11.6 Å². The highest BCUT2D eigenvalue weighted by atomic mass is 16.5. The Morgan fingerprint density at radius 3 is 2.76 bits per heavy atom. The molecule has 5 rings (SSSR count). The number of nitrogens with zero attached hydrogens (tertiary/aromatic N) is 5. The Bertz CT molecular complexity index is 1320. The first kappa shape index (κ1) is 20.8. The first-order valence-corrected chi connectivity index (χ1v) is 10.6. The van der Waals surface area contributed by atoms with Gasteiger partial charge in [-0.3, -0.25) is 4.79 Å². The van der Waals surface area contributed by atoms with E-state index in [1.165, 1.54) is 7.11 Å². The Morgan fingerprint density at radius 1 is 1.18 bits per heavy atom. The number of nitrogens with one attached hydrogen (secondary N) is 2. The van der Waals surface area contributed by atoms with E-state index in [0.29, 0.717) is 29.1 Å². The number of rotatable bonds is 5. The molecule has 1 aliphatic rings. The normalized spacial score (nSPS) is 16.1. The van der Waals surface area contributed by atoms with Gasteiger partial charge in [-0.15, -0.1) is 0 Å². The summed E-state index contributed by atoms with van der Waals surface area (Å²) in [4.78, 5) is 35.1. The van der Waals surface area contributed by atoms with Crippen LogP contribution in [0.5, 0.6) is 6.01 Å². The minimum atomic E-state index is -0.230. The van der Waals surface area contributed by atoms with Crippen molar-refractivity contribution in [2.45, 2.75) is 13.0 Å². The van der Waals surface area contributed by atoms with Crippen LogP contribution in [0.3, 0.4) is 0 Å². The highest BCUT2D eigenvalue weighted by Crippen LogP contribution is 2.28. The molecule has 0 radical (unpaired) electrons. The van der Waals surface area contributed by atoms with Crippen molar-refractivity contribution >= 4 is 28.1 Å². The third kappa shape index (κ3) is 4.33. The van der Waals surface area contributed by atoms with Gasteiger partial charge in [-0.1, -0.05) is 0 Å². The summed E-state index contributed by atoms with van der Waals surface area (Å²) < 4.78 is 10.6. The van der Waals surface area contributed by atoms with Crippen LogP contribution in [-0.2, 0) is 4.74 Å². The number of hydrogen-bond donors (Lipinski definition) is 2. The Labute approximate surface area is 189 Å². The van der Waals surface area contributed by atoms with Gasteiger partial charge in [0.2, 0.25) is 0 Å². The van der Waals surface area contributed by atoms with Crippen LogP contribution in [-0.4, -0.2) is 57.8 Å². The number of anilines is 3. The van der Waals surface area contributed by atoms with Gasteiger partial charge in [-0.25, -0.2) is 19.9 Å². The minimum absolute atomic E-state index is 0.172. The molecular formula is C23H23N7O3. The number of pyridine rings is 3. The minimum Gasteiger partial charge on any atom is -0.467 e. The average Bonchev–Trinajstić information content (AvgIpc) is 2.84. The summed E-state index contributed by atoms with van der Waals surface area (Å²) in [6.45, 7) is 4.34. The second-order valence-corrected chi connectivity index (χ2v) is 7.74. The fraction of sp³-hybridized carbons (Fsp3) is 0.261. The van der Waals surface area contributed by atoms with E-state index in [9.17, 15) is 4.79 Å². The van der Waals surface area contributed by atoms with Gasteiger partial charge in [0.15, 0.2) is 0 Å². The fourth-order valence-corrected chi connectivity index (χ4v) is 3.82. The molecule has 10 nitrogen and oxygen atoms in total. The van der Waals surface area contributed by atoms with Crippen molar-refractivity contribution in [3.63, 3.8) is 0 Å². The van der Waals surface area contributed by atoms with Crippen molar-refractivity contribution in [1.82, 2.24) is 24.9 Å². The van der Waals surface area contributed by atoms with Crippen LogP contribution in [0.1, 0.15) is 6.92 Å². The molecule has 5 heterocycles. The zero-order valence-corrected chi connectivity index (χ0v) is 18.3. The number of ether oxygens (including phenoxy) is 2. The number of hydrogen-bond acceptors (Lipinski definition) is 9. The summed E-state index contributed by atoms with van der Waals surface area (Å²) in [7, 11) is 1.51. The molecule has 0 bridgehead atoms. The topological polar surface area (TPSA) is 118 Å². The lowest BCUT2D eigenvalue weighted by Crippen LogP contribution is -2.41. The average molecular weight is 445 g/mol. The van der Waals surface area contributed by atoms with Gasteiger partial charge in [-0.2, -0.15) is 0 Å². The second kappa shape index (κ2) is 8.83. The Morgan fingerprint density at radius 2 is 2.03 bits per heavy atom. The van der Waals surface area contributed by atoms with E-state index < -0.39 is 0 Å². The highest BCUT2D eigenvalue weighted by Gasteiger charge is 2.18. The Kier molecular flexibility index (Phi) is 5.57. The summed E-state index contributed by atoms with van der Waals surface area (Å²) in [6, 6.07) is 7.82. The van der Waals surface area contributed by atoms with Crippen LogP contribution in [0, 0.1) is 0 Å². The summed E-state index contributed by atoms with van der Waals surface area (Å²) in [5.74, 6) is 1.31. The Hall–Kier alpha value is -4.05. The Balaban J connectivity index is 1.49. The van der Waals surface area contributed by atoms with Crippen molar-refractivity contribution in [2.24, 2.45) is 0 Å². The lowest BCUT2D eigenvalue weighted by Gasteiger charge is -2.32. The van der Waals surface area contributed by atoms with Crippen LogP contribution in [0.4, 0.5) is 17.3 Å². The van der Waals surface area contributed by atoms with E-state index in [-0.39, 0.29) is 17.7 Å². The molecule has 1 saturated heterocycles. The predicted molar refractivity (Wildman–Crippen MR) is 125 cm³/mol. The molecule has 1 aliphatic heterocycles. The third-order valence-electron chi connectivity index (χ3n) is 5.44. The van der Waals surface area contributed by atoms with E-state index in [1.807, 2.05) is 24.3 Å². The van der Waals surface area contributed by atoms with Crippen LogP contribution in [0.25, 0.3) is 22.0 Å². The quantitative estimate of drug-likeness (QED) is 0.478. The molecule has 10 heteroatoms. The number of methoxy groups -OCH3 is 1. The van der Waals surface area contributed by atoms with Gasteiger partial charge in [-0.05, 0) is 36.6 Å². The molecule has 33 heavy (non-hydrogen) atoms. The molecule has 0 aromatic carbocycles. The summed E-state index contributed by atoms with van der Waals surface area (Å²) >= 11 is 0. The van der Waals surface area contributed by atoms with Gasteiger partial charge >= 0.3 is 6.01 Å². The van der Waals surface area contributed by atoms with Crippen LogP contribution in [0.15, 0.2) is 53.8 Å². The SMILES string of the molecule is COc1ncc(-c2cc3cc[nH]c(=O)c3c(Nc3ccc(N4CCO[C@@H](C)C4)nc3)n2)cn1. The van der Waals surface area contributed by atoms with E-state index in [1.54, 1.807) is 24.8 Å². The molecule has 168 valence electrons. The van der Waals surface area contributed by atoms with Gasteiger partial charge < -0.3 is 24.7 Å². The van der Waals surface area contributed by atoms with Gasteiger partial charge in [0, 0.05) is 37.2 Å². The molecule has 0 spiro atoms. The fourth-order valence-electron chi connectivity index (χ4n) is 3.82. The van der Waals surface area contributed by atoms with E-state index in [2.05, 4.69) is 37.1 Å². The third-order valence-corrected chi connectivity index (χ3v) is 5.44. The molecule has 1 atom stereocenters. The van der Waals surface area contributed by atoms with Crippen molar-refractivity contribution in [3.8, 4) is 17.3 Å². The number of H-pyrrole nitrogens is 1.